The van der Waals surface area contributed by atoms with Gasteiger partial charge >= 0.3 is 0 Å². The van der Waals surface area contributed by atoms with Gasteiger partial charge in [0.05, 0.1) is 6.07 Å². The highest BCUT2D eigenvalue weighted by Gasteiger charge is 2.24. The number of hydrogen-bond donors (Lipinski definition) is 2. The molecule has 3 aromatic rings. The Hall–Kier alpha value is -2.45. The Labute approximate surface area is 119 Å². The van der Waals surface area contributed by atoms with Gasteiger partial charge in [-0.15, -0.1) is 0 Å². The van der Waals surface area contributed by atoms with Crippen molar-refractivity contribution in [1.82, 2.24) is 4.98 Å². The monoisotopic (exact) mass is 307 g/mol. The van der Waals surface area contributed by atoms with E-state index in [1.165, 1.54) is 17.9 Å². The standard InChI is InChI=1S/C13H10N2O5S/c1-20-15-10-5-3-2-4-8(10)14-9-6-13(21(17,18)19)12(16)7-11(9)15/h2-7H,1H3,(H,17,18,19)/p+1. The molecule has 0 saturated carbocycles. The highest BCUT2D eigenvalue weighted by Crippen LogP contribution is 2.27. The van der Waals surface area contributed by atoms with Gasteiger partial charge in [0, 0.05) is 10.8 Å². The maximum Gasteiger partial charge on any atom is 0.298 e. The van der Waals surface area contributed by atoms with E-state index in [2.05, 4.69) is 4.98 Å². The summed E-state index contributed by atoms with van der Waals surface area (Å²) in [6.45, 7) is 0. The molecule has 0 aliphatic rings. The maximum absolute atomic E-state index is 11.2. The molecule has 8 heteroatoms. The second-order valence-corrected chi connectivity index (χ2v) is 5.75. The van der Waals surface area contributed by atoms with Crippen molar-refractivity contribution in [2.24, 2.45) is 0 Å². The third kappa shape index (κ3) is 2.14. The van der Waals surface area contributed by atoms with Crippen LogP contribution in [-0.4, -0.2) is 30.2 Å². The molecule has 1 heterocycles. The molecule has 3 rings (SSSR count). The Bertz CT molecular complexity index is 969. The van der Waals surface area contributed by atoms with Crippen LogP contribution < -0.4 is 9.57 Å². The summed E-state index contributed by atoms with van der Waals surface area (Å²) >= 11 is 0. The predicted octanol–water partition coefficient (Wildman–Crippen LogP) is 0.686. The Morgan fingerprint density at radius 2 is 1.86 bits per heavy atom. The minimum Gasteiger partial charge on any atom is -0.506 e. The predicted molar refractivity (Wildman–Crippen MR) is 73.4 cm³/mol. The Balaban J connectivity index is 2.51. The number of para-hydroxylation sites is 2. The summed E-state index contributed by atoms with van der Waals surface area (Å²) in [5.74, 6) is -0.576. The van der Waals surface area contributed by atoms with Crippen molar-refractivity contribution in [2.45, 2.75) is 4.90 Å². The minimum absolute atomic E-state index is 0.265. The van der Waals surface area contributed by atoms with Crippen molar-refractivity contribution < 1.29 is 27.6 Å². The van der Waals surface area contributed by atoms with Crippen LogP contribution in [0.1, 0.15) is 0 Å². The lowest BCUT2D eigenvalue weighted by atomic mass is 10.2. The van der Waals surface area contributed by atoms with Crippen molar-refractivity contribution in [2.75, 3.05) is 7.11 Å². The molecule has 0 radical (unpaired) electrons. The highest BCUT2D eigenvalue weighted by atomic mass is 32.2. The van der Waals surface area contributed by atoms with Gasteiger partial charge in [-0.1, -0.05) is 12.1 Å². The number of rotatable bonds is 2. The van der Waals surface area contributed by atoms with Crippen molar-refractivity contribution in [1.29, 1.82) is 0 Å². The van der Waals surface area contributed by atoms with Crippen LogP contribution in [0.2, 0.25) is 0 Å². The molecule has 108 valence electrons. The van der Waals surface area contributed by atoms with Gasteiger partial charge in [0.2, 0.25) is 0 Å². The Morgan fingerprint density at radius 1 is 1.14 bits per heavy atom. The van der Waals surface area contributed by atoms with Gasteiger partial charge in [-0.05, 0) is 12.1 Å². The van der Waals surface area contributed by atoms with Gasteiger partial charge < -0.3 is 5.11 Å². The topological polar surface area (TPSA) is 101 Å². The summed E-state index contributed by atoms with van der Waals surface area (Å²) < 4.78 is 33.0. The largest absolute Gasteiger partial charge is 0.506 e. The molecular formula is C13H11N2O5S+. The first-order chi connectivity index (χ1) is 9.91. The number of nitrogens with zero attached hydrogens (tertiary/aromatic N) is 2. The second kappa shape index (κ2) is 4.54. The summed E-state index contributed by atoms with van der Waals surface area (Å²) in [5, 5.41) is 9.80. The molecule has 7 nitrogen and oxygen atoms in total. The van der Waals surface area contributed by atoms with E-state index in [4.69, 9.17) is 9.39 Å². The van der Waals surface area contributed by atoms with Crippen molar-refractivity contribution in [3.63, 3.8) is 0 Å². The zero-order valence-electron chi connectivity index (χ0n) is 10.9. The molecule has 0 atom stereocenters. The lowest BCUT2D eigenvalue weighted by Crippen LogP contribution is -2.42. The lowest BCUT2D eigenvalue weighted by molar-refractivity contribution is -0.844. The molecular weight excluding hydrogens is 296 g/mol. The number of benzene rings is 2. The quantitative estimate of drug-likeness (QED) is 0.410. The molecule has 0 unspecified atom stereocenters. The summed E-state index contributed by atoms with van der Waals surface area (Å²) in [6, 6.07) is 9.38. The van der Waals surface area contributed by atoms with Gasteiger partial charge in [-0.3, -0.25) is 9.39 Å². The molecule has 1 aromatic heterocycles. The summed E-state index contributed by atoms with van der Waals surface area (Å²) in [4.78, 5) is 8.99. The molecule has 0 aliphatic carbocycles. The van der Waals surface area contributed by atoms with E-state index in [1.54, 1.807) is 24.3 Å². The Morgan fingerprint density at radius 3 is 2.52 bits per heavy atom. The van der Waals surface area contributed by atoms with Crippen LogP contribution in [0, 0.1) is 0 Å². The molecule has 0 aliphatic heterocycles. The van der Waals surface area contributed by atoms with Gasteiger partial charge in [0.15, 0.2) is 0 Å². The lowest BCUT2D eigenvalue weighted by Gasteiger charge is -2.04. The normalized spacial score (nSPS) is 11.9. The maximum atomic E-state index is 11.2. The number of fused-ring (bicyclic) bond motifs is 2. The van der Waals surface area contributed by atoms with Crippen LogP contribution in [0.25, 0.3) is 22.1 Å². The van der Waals surface area contributed by atoms with Crippen LogP contribution >= 0.6 is 0 Å². The second-order valence-electron chi connectivity index (χ2n) is 4.36. The first-order valence-corrected chi connectivity index (χ1v) is 7.35. The van der Waals surface area contributed by atoms with E-state index in [0.717, 1.165) is 6.07 Å². The number of phenols is 1. The van der Waals surface area contributed by atoms with Crippen LogP contribution in [0.5, 0.6) is 5.75 Å². The third-order valence-electron chi connectivity index (χ3n) is 3.08. The average Bonchev–Trinajstić information content (AvgIpc) is 2.43. The molecule has 2 aromatic carbocycles. The molecule has 0 spiro atoms. The first kappa shape index (κ1) is 13.5. The summed E-state index contributed by atoms with van der Waals surface area (Å²) in [6.07, 6.45) is 0. The minimum atomic E-state index is -4.54. The zero-order valence-corrected chi connectivity index (χ0v) is 11.7. The van der Waals surface area contributed by atoms with Crippen LogP contribution in [0.3, 0.4) is 0 Å². The molecule has 0 bridgehead atoms. The average molecular weight is 307 g/mol. The first-order valence-electron chi connectivity index (χ1n) is 5.91. The van der Waals surface area contributed by atoms with E-state index in [-0.39, 0.29) is 5.52 Å². The van der Waals surface area contributed by atoms with E-state index < -0.39 is 20.8 Å². The van der Waals surface area contributed by atoms with Crippen molar-refractivity contribution in [3.05, 3.63) is 36.4 Å². The number of aromatic nitrogens is 2. The van der Waals surface area contributed by atoms with E-state index in [9.17, 15) is 13.5 Å². The van der Waals surface area contributed by atoms with E-state index >= 15 is 0 Å². The highest BCUT2D eigenvalue weighted by molar-refractivity contribution is 7.86. The fraction of sp³-hybridized carbons (Fsp3) is 0.0769. The van der Waals surface area contributed by atoms with Gasteiger partial charge in [-0.2, -0.15) is 8.42 Å². The van der Waals surface area contributed by atoms with Crippen LogP contribution in [-0.2, 0) is 10.1 Å². The number of phenolic OH excluding ortho intramolecular Hbond substituents is 1. The van der Waals surface area contributed by atoms with Gasteiger partial charge in [0.1, 0.15) is 28.8 Å². The molecule has 21 heavy (non-hydrogen) atoms. The van der Waals surface area contributed by atoms with Crippen molar-refractivity contribution >= 4 is 32.2 Å². The fourth-order valence-electron chi connectivity index (χ4n) is 2.19. The SMILES string of the molecule is CO[n+]1c2ccccc2nc2cc(S(=O)(=O)O)c(O)cc21. The molecule has 2 N–H and O–H groups in total. The summed E-state index contributed by atoms with van der Waals surface area (Å²) in [7, 11) is -3.09. The molecule has 0 saturated heterocycles. The zero-order chi connectivity index (χ0) is 15.2. The molecule has 0 fully saturated rings. The molecule has 0 amide bonds. The van der Waals surface area contributed by atoms with E-state index in [0.29, 0.717) is 16.6 Å². The van der Waals surface area contributed by atoms with Crippen LogP contribution in [0.4, 0.5) is 0 Å². The number of hydrogen-bond acceptors (Lipinski definition) is 5. The smallest absolute Gasteiger partial charge is 0.298 e. The Kier molecular flexibility index (Phi) is 2.92. The third-order valence-corrected chi connectivity index (χ3v) is 3.96. The van der Waals surface area contributed by atoms with Gasteiger partial charge in [-0.25, -0.2) is 4.98 Å². The van der Waals surface area contributed by atoms with Gasteiger partial charge in [0.25, 0.3) is 21.2 Å². The number of aromatic hydroxyl groups is 1. The van der Waals surface area contributed by atoms with Crippen LogP contribution in [0.15, 0.2) is 41.3 Å². The van der Waals surface area contributed by atoms with E-state index in [1.807, 2.05) is 0 Å². The fourth-order valence-corrected chi connectivity index (χ4v) is 2.78. The summed E-state index contributed by atoms with van der Waals surface area (Å²) in [5.41, 5.74) is 1.88. The van der Waals surface area contributed by atoms with Crippen molar-refractivity contribution in [3.8, 4) is 5.75 Å².